The quantitative estimate of drug-likeness (QED) is 0.315. The summed E-state index contributed by atoms with van der Waals surface area (Å²) in [6.45, 7) is 5.13. The number of aliphatic imine (C=N–C) groups is 1. The van der Waals surface area contributed by atoms with E-state index in [1.54, 1.807) is 7.11 Å². The third-order valence-corrected chi connectivity index (χ3v) is 5.65. The molecule has 4 rings (SSSR count). The molecule has 8 nitrogen and oxygen atoms in total. The van der Waals surface area contributed by atoms with Crippen molar-refractivity contribution in [1.82, 2.24) is 25.4 Å². The molecule has 1 unspecified atom stereocenters. The van der Waals surface area contributed by atoms with Gasteiger partial charge in [0.05, 0.1) is 13.2 Å². The third-order valence-electron chi connectivity index (χ3n) is 5.65. The molecule has 0 saturated heterocycles. The predicted octanol–water partition coefficient (Wildman–Crippen LogP) is 3.92. The van der Waals surface area contributed by atoms with Gasteiger partial charge in [0.2, 0.25) is 0 Å². The molecule has 0 radical (unpaired) electrons. The van der Waals surface area contributed by atoms with E-state index in [2.05, 4.69) is 46.0 Å². The van der Waals surface area contributed by atoms with Crippen LogP contribution in [0.25, 0.3) is 11.0 Å². The van der Waals surface area contributed by atoms with Crippen LogP contribution in [-0.2, 0) is 20.0 Å². The van der Waals surface area contributed by atoms with Crippen molar-refractivity contribution in [3.05, 3.63) is 77.6 Å². The van der Waals surface area contributed by atoms with Gasteiger partial charge in [0.25, 0.3) is 0 Å². The Kier molecular flexibility index (Phi) is 6.92. The molecular formula is C25H30N6O2. The van der Waals surface area contributed by atoms with Crippen LogP contribution in [-0.4, -0.2) is 34.4 Å². The number of para-hydroxylation sites is 1. The highest BCUT2D eigenvalue weighted by Crippen LogP contribution is 2.23. The Labute approximate surface area is 193 Å². The maximum atomic E-state index is 6.03. The number of methoxy groups -OCH3 is 1. The highest BCUT2D eigenvalue weighted by Gasteiger charge is 2.14. The van der Waals surface area contributed by atoms with Crippen molar-refractivity contribution in [2.24, 2.45) is 12.0 Å². The van der Waals surface area contributed by atoms with Crippen molar-refractivity contribution in [3.8, 4) is 5.75 Å². The molecule has 0 spiro atoms. The largest absolute Gasteiger partial charge is 0.497 e. The monoisotopic (exact) mass is 446 g/mol. The maximum Gasteiger partial charge on any atom is 0.192 e. The van der Waals surface area contributed by atoms with Crippen molar-refractivity contribution < 1.29 is 9.15 Å². The van der Waals surface area contributed by atoms with E-state index in [4.69, 9.17) is 14.1 Å². The Bertz CT molecular complexity index is 1190. The van der Waals surface area contributed by atoms with Crippen LogP contribution in [0.4, 0.5) is 0 Å². The van der Waals surface area contributed by atoms with Gasteiger partial charge in [-0.2, -0.15) is 0 Å². The minimum Gasteiger partial charge on any atom is -0.497 e. The van der Waals surface area contributed by atoms with Gasteiger partial charge >= 0.3 is 0 Å². The van der Waals surface area contributed by atoms with Crippen LogP contribution in [0.15, 0.2) is 64.0 Å². The van der Waals surface area contributed by atoms with Gasteiger partial charge in [0, 0.05) is 19.0 Å². The van der Waals surface area contributed by atoms with Crippen LogP contribution in [0.2, 0.25) is 0 Å². The number of hydrogen-bond donors (Lipinski definition) is 2. The van der Waals surface area contributed by atoms with Crippen LogP contribution in [0.3, 0.4) is 0 Å². The Morgan fingerprint density at radius 3 is 2.64 bits per heavy atom. The summed E-state index contributed by atoms with van der Waals surface area (Å²) in [5.74, 6) is 4.07. The van der Waals surface area contributed by atoms with E-state index < -0.39 is 0 Å². The number of rotatable bonds is 8. The molecule has 0 bridgehead atoms. The van der Waals surface area contributed by atoms with Crippen molar-refractivity contribution in [1.29, 1.82) is 0 Å². The zero-order valence-electron chi connectivity index (χ0n) is 19.5. The second-order valence-corrected chi connectivity index (χ2v) is 7.96. The number of guanidine groups is 1. The van der Waals surface area contributed by atoms with Crippen LogP contribution in [0.1, 0.15) is 35.9 Å². The number of aromatic nitrogens is 3. The molecule has 0 fully saturated rings. The Morgan fingerprint density at radius 1 is 1.15 bits per heavy atom. The van der Waals surface area contributed by atoms with Crippen LogP contribution >= 0.6 is 0 Å². The average Bonchev–Trinajstić information content (AvgIpc) is 3.41. The molecule has 2 aromatic carbocycles. The molecular weight excluding hydrogens is 416 g/mol. The third kappa shape index (κ3) is 5.52. The summed E-state index contributed by atoms with van der Waals surface area (Å²) in [4.78, 5) is 4.76. The smallest absolute Gasteiger partial charge is 0.192 e. The highest BCUT2D eigenvalue weighted by atomic mass is 16.5. The number of aryl methyl sites for hydroxylation is 1. The van der Waals surface area contributed by atoms with E-state index in [-0.39, 0.29) is 6.04 Å². The van der Waals surface area contributed by atoms with E-state index in [1.807, 2.05) is 54.9 Å². The summed E-state index contributed by atoms with van der Waals surface area (Å²) in [7, 11) is 3.62. The fraction of sp³-hybridized carbons (Fsp3) is 0.320. The van der Waals surface area contributed by atoms with Gasteiger partial charge in [-0.05, 0) is 50.1 Å². The topological polar surface area (TPSA) is 89.5 Å². The van der Waals surface area contributed by atoms with E-state index in [1.165, 1.54) is 5.56 Å². The molecule has 33 heavy (non-hydrogen) atoms. The van der Waals surface area contributed by atoms with Crippen LogP contribution in [0, 0.1) is 6.92 Å². The lowest BCUT2D eigenvalue weighted by Crippen LogP contribution is -2.39. The summed E-state index contributed by atoms with van der Waals surface area (Å²) in [6, 6.07) is 18.1. The number of benzene rings is 2. The first kappa shape index (κ1) is 22.4. The molecule has 172 valence electrons. The second kappa shape index (κ2) is 10.2. The minimum absolute atomic E-state index is 0.0640. The highest BCUT2D eigenvalue weighted by molar-refractivity contribution is 5.81. The summed E-state index contributed by atoms with van der Waals surface area (Å²) in [5.41, 5.74) is 2.10. The second-order valence-electron chi connectivity index (χ2n) is 7.96. The van der Waals surface area contributed by atoms with Gasteiger partial charge in [-0.15, -0.1) is 10.2 Å². The summed E-state index contributed by atoms with van der Waals surface area (Å²) >= 11 is 0. The molecule has 2 heterocycles. The Balaban J connectivity index is 1.45. The van der Waals surface area contributed by atoms with Gasteiger partial charge in [0.1, 0.15) is 29.5 Å². The molecule has 0 aliphatic rings. The summed E-state index contributed by atoms with van der Waals surface area (Å²) < 4.78 is 13.2. The first-order chi connectivity index (χ1) is 16.0. The number of fused-ring (bicyclic) bond motifs is 1. The molecule has 0 amide bonds. The van der Waals surface area contributed by atoms with Gasteiger partial charge in [-0.3, -0.25) is 0 Å². The van der Waals surface area contributed by atoms with Crippen molar-refractivity contribution in [2.45, 2.75) is 32.9 Å². The molecule has 2 N–H and O–H groups in total. The lowest BCUT2D eigenvalue weighted by molar-refractivity contribution is 0.414. The van der Waals surface area contributed by atoms with Crippen molar-refractivity contribution in [2.75, 3.05) is 13.7 Å². The zero-order chi connectivity index (χ0) is 23.2. The molecule has 0 aliphatic carbocycles. The van der Waals surface area contributed by atoms with Gasteiger partial charge in [-0.25, -0.2) is 4.99 Å². The fourth-order valence-electron chi connectivity index (χ4n) is 3.50. The number of furan rings is 1. The number of nitrogens with one attached hydrogen (secondary N) is 2. The fourth-order valence-corrected chi connectivity index (χ4v) is 3.50. The molecule has 4 aromatic rings. The number of hydrogen-bond acceptors (Lipinski definition) is 5. The molecule has 2 aromatic heterocycles. The van der Waals surface area contributed by atoms with Gasteiger partial charge < -0.3 is 24.4 Å². The first-order valence-electron chi connectivity index (χ1n) is 11.0. The van der Waals surface area contributed by atoms with Crippen LogP contribution in [0.5, 0.6) is 5.75 Å². The van der Waals surface area contributed by atoms with Gasteiger partial charge in [0.15, 0.2) is 11.8 Å². The Hall–Kier alpha value is -3.81. The lowest BCUT2D eigenvalue weighted by atomic mass is 10.1. The number of ether oxygens (including phenoxy) is 1. The number of nitrogens with zero attached hydrogens (tertiary/aromatic N) is 4. The predicted molar refractivity (Wildman–Crippen MR) is 129 cm³/mol. The first-order valence-corrected chi connectivity index (χ1v) is 11.0. The van der Waals surface area contributed by atoms with E-state index in [0.717, 1.165) is 47.1 Å². The molecule has 0 aliphatic heterocycles. The average molecular weight is 447 g/mol. The molecule has 8 heteroatoms. The Morgan fingerprint density at radius 2 is 1.94 bits per heavy atom. The minimum atomic E-state index is -0.0640. The van der Waals surface area contributed by atoms with E-state index in [0.29, 0.717) is 12.5 Å². The van der Waals surface area contributed by atoms with Crippen LogP contribution < -0.4 is 15.4 Å². The van der Waals surface area contributed by atoms with E-state index in [9.17, 15) is 0 Å². The molecule has 1 atom stereocenters. The lowest BCUT2D eigenvalue weighted by Gasteiger charge is -2.17. The SMILES string of the molecule is COc1ccc(CCNC(=NCc2nnc(C)n2C)NC(C)c2cc3ccccc3o2)cc1. The summed E-state index contributed by atoms with van der Waals surface area (Å²) in [5, 5.41) is 16.3. The van der Waals surface area contributed by atoms with Gasteiger partial charge in [-0.1, -0.05) is 30.3 Å². The van der Waals surface area contributed by atoms with Crippen molar-refractivity contribution >= 4 is 16.9 Å². The zero-order valence-corrected chi connectivity index (χ0v) is 19.5. The standard InChI is InChI=1S/C25H30N6O2/c1-17(23-15-20-7-5-6-8-22(20)33-23)28-25(27-16-24-30-29-18(2)31(24)3)26-14-13-19-9-11-21(32-4)12-10-19/h5-12,15,17H,13-14,16H2,1-4H3,(H2,26,27,28). The molecule has 0 saturated carbocycles. The van der Waals surface area contributed by atoms with E-state index >= 15 is 0 Å². The summed E-state index contributed by atoms with van der Waals surface area (Å²) in [6.07, 6.45) is 0.854. The van der Waals surface area contributed by atoms with Crippen molar-refractivity contribution in [3.63, 3.8) is 0 Å². The maximum absolute atomic E-state index is 6.03. The normalized spacial score (nSPS) is 12.7.